The second-order valence-electron chi connectivity index (χ2n) is 4.68. The SMILES string of the molecule is COC(=O)CCOc1ccc(CC(C)N)cc1C(F)(F)F. The number of hydrogen-bond acceptors (Lipinski definition) is 4. The number of halogens is 3. The maximum Gasteiger partial charge on any atom is 0.419 e. The van der Waals surface area contributed by atoms with E-state index in [9.17, 15) is 18.0 Å². The van der Waals surface area contributed by atoms with Gasteiger partial charge in [-0.25, -0.2) is 0 Å². The van der Waals surface area contributed by atoms with Crippen LogP contribution in [0, 0.1) is 0 Å². The van der Waals surface area contributed by atoms with Crippen molar-refractivity contribution in [1.29, 1.82) is 0 Å². The van der Waals surface area contributed by atoms with Crippen LogP contribution in [0.15, 0.2) is 18.2 Å². The first kappa shape index (κ1) is 17.3. The van der Waals surface area contributed by atoms with E-state index in [1.165, 1.54) is 19.2 Å². The molecule has 0 heterocycles. The van der Waals surface area contributed by atoms with Gasteiger partial charge >= 0.3 is 12.1 Å². The summed E-state index contributed by atoms with van der Waals surface area (Å²) in [6, 6.07) is 3.57. The number of carbonyl (C=O) groups is 1. The molecule has 0 saturated carbocycles. The Morgan fingerprint density at radius 2 is 2.05 bits per heavy atom. The lowest BCUT2D eigenvalue weighted by atomic mass is 10.0. The average molecular weight is 305 g/mol. The Bertz CT molecular complexity index is 487. The van der Waals surface area contributed by atoms with Crippen molar-refractivity contribution in [1.82, 2.24) is 0 Å². The zero-order chi connectivity index (χ0) is 16.0. The molecule has 1 rings (SSSR count). The monoisotopic (exact) mass is 305 g/mol. The van der Waals surface area contributed by atoms with Gasteiger partial charge in [-0.2, -0.15) is 13.2 Å². The summed E-state index contributed by atoms with van der Waals surface area (Å²) in [6.07, 6.45) is -4.31. The van der Waals surface area contributed by atoms with E-state index in [1.807, 2.05) is 0 Å². The third-order valence-corrected chi connectivity index (χ3v) is 2.70. The number of rotatable bonds is 6. The molecular formula is C14H18F3NO3. The Labute approximate surface area is 121 Å². The van der Waals surface area contributed by atoms with E-state index < -0.39 is 17.7 Å². The van der Waals surface area contributed by atoms with Crippen LogP contribution >= 0.6 is 0 Å². The van der Waals surface area contributed by atoms with Crippen molar-refractivity contribution in [3.05, 3.63) is 29.3 Å². The van der Waals surface area contributed by atoms with Gasteiger partial charge in [0.15, 0.2) is 0 Å². The molecule has 2 N–H and O–H groups in total. The van der Waals surface area contributed by atoms with Crippen LogP contribution in [-0.2, 0) is 22.1 Å². The van der Waals surface area contributed by atoms with E-state index >= 15 is 0 Å². The molecule has 0 fully saturated rings. The van der Waals surface area contributed by atoms with Crippen molar-refractivity contribution < 1.29 is 27.4 Å². The Balaban J connectivity index is 2.89. The van der Waals surface area contributed by atoms with Gasteiger partial charge < -0.3 is 15.2 Å². The molecular weight excluding hydrogens is 287 g/mol. The number of alkyl halides is 3. The van der Waals surface area contributed by atoms with Crippen molar-refractivity contribution >= 4 is 5.97 Å². The van der Waals surface area contributed by atoms with Crippen LogP contribution in [0.2, 0.25) is 0 Å². The highest BCUT2D eigenvalue weighted by Crippen LogP contribution is 2.37. The number of methoxy groups -OCH3 is 1. The lowest BCUT2D eigenvalue weighted by Gasteiger charge is -2.16. The Morgan fingerprint density at radius 1 is 1.38 bits per heavy atom. The maximum absolute atomic E-state index is 13.0. The first-order valence-electron chi connectivity index (χ1n) is 6.39. The molecule has 7 heteroatoms. The summed E-state index contributed by atoms with van der Waals surface area (Å²) in [4.78, 5) is 10.9. The number of nitrogens with two attached hydrogens (primary N) is 1. The molecule has 0 spiro atoms. The summed E-state index contributed by atoms with van der Waals surface area (Å²) in [5, 5.41) is 0. The van der Waals surface area contributed by atoms with Gasteiger partial charge in [0.25, 0.3) is 0 Å². The summed E-state index contributed by atoms with van der Waals surface area (Å²) in [7, 11) is 1.20. The van der Waals surface area contributed by atoms with Crippen molar-refractivity contribution in [2.75, 3.05) is 13.7 Å². The molecule has 1 aromatic rings. The Kier molecular flexibility index (Phi) is 6.02. The summed E-state index contributed by atoms with van der Waals surface area (Å²) in [5.74, 6) is -0.850. The van der Waals surface area contributed by atoms with Gasteiger partial charge in [-0.3, -0.25) is 4.79 Å². The second kappa shape index (κ2) is 7.31. The van der Waals surface area contributed by atoms with Crippen molar-refractivity contribution in [3.63, 3.8) is 0 Å². The van der Waals surface area contributed by atoms with E-state index in [1.54, 1.807) is 6.92 Å². The number of benzene rings is 1. The fraction of sp³-hybridized carbons (Fsp3) is 0.500. The van der Waals surface area contributed by atoms with Gasteiger partial charge in [-0.05, 0) is 31.0 Å². The average Bonchev–Trinajstić information content (AvgIpc) is 2.38. The molecule has 118 valence electrons. The fourth-order valence-electron chi connectivity index (χ4n) is 1.77. The summed E-state index contributed by atoms with van der Waals surface area (Å²) < 4.78 is 48.5. The van der Waals surface area contributed by atoms with Gasteiger partial charge in [0.1, 0.15) is 5.75 Å². The van der Waals surface area contributed by atoms with E-state index in [0.717, 1.165) is 6.07 Å². The summed E-state index contributed by atoms with van der Waals surface area (Å²) >= 11 is 0. The van der Waals surface area contributed by atoms with Crippen LogP contribution in [0.1, 0.15) is 24.5 Å². The van der Waals surface area contributed by atoms with Crippen molar-refractivity contribution in [2.24, 2.45) is 5.73 Å². The van der Waals surface area contributed by atoms with E-state index in [2.05, 4.69) is 4.74 Å². The normalized spacial score (nSPS) is 12.9. The number of ether oxygens (including phenoxy) is 2. The number of hydrogen-bond donors (Lipinski definition) is 1. The van der Waals surface area contributed by atoms with Crippen molar-refractivity contribution in [2.45, 2.75) is 32.0 Å². The molecule has 0 radical (unpaired) electrons. The zero-order valence-electron chi connectivity index (χ0n) is 11.9. The molecule has 0 aromatic heterocycles. The molecule has 1 atom stereocenters. The molecule has 1 unspecified atom stereocenters. The Hall–Kier alpha value is -1.76. The van der Waals surface area contributed by atoms with Gasteiger partial charge in [0.2, 0.25) is 0 Å². The highest BCUT2D eigenvalue weighted by Gasteiger charge is 2.34. The Morgan fingerprint density at radius 3 is 2.57 bits per heavy atom. The first-order chi connectivity index (χ1) is 9.74. The minimum absolute atomic E-state index is 0.116. The second-order valence-corrected chi connectivity index (χ2v) is 4.68. The van der Waals surface area contributed by atoms with Crippen LogP contribution in [0.5, 0.6) is 5.75 Å². The van der Waals surface area contributed by atoms with Crippen LogP contribution in [0.4, 0.5) is 13.2 Å². The molecule has 0 bridgehead atoms. The van der Waals surface area contributed by atoms with Crippen LogP contribution < -0.4 is 10.5 Å². The van der Waals surface area contributed by atoms with Crippen LogP contribution in [0.3, 0.4) is 0 Å². The molecule has 0 aliphatic carbocycles. The minimum atomic E-state index is -4.53. The fourth-order valence-corrected chi connectivity index (χ4v) is 1.77. The van der Waals surface area contributed by atoms with Gasteiger partial charge in [0.05, 0.1) is 25.7 Å². The van der Waals surface area contributed by atoms with Crippen LogP contribution in [-0.4, -0.2) is 25.7 Å². The third-order valence-electron chi connectivity index (χ3n) is 2.70. The smallest absolute Gasteiger partial charge is 0.419 e. The molecule has 21 heavy (non-hydrogen) atoms. The summed E-state index contributed by atoms with van der Waals surface area (Å²) in [6.45, 7) is 1.54. The van der Waals surface area contributed by atoms with Gasteiger partial charge in [-0.1, -0.05) is 6.07 Å². The first-order valence-corrected chi connectivity index (χ1v) is 6.39. The van der Waals surface area contributed by atoms with Gasteiger partial charge in [0, 0.05) is 6.04 Å². The maximum atomic E-state index is 13.0. The highest BCUT2D eigenvalue weighted by atomic mass is 19.4. The van der Waals surface area contributed by atoms with Crippen molar-refractivity contribution in [3.8, 4) is 5.75 Å². The topological polar surface area (TPSA) is 61.5 Å². The van der Waals surface area contributed by atoms with E-state index in [0.29, 0.717) is 12.0 Å². The minimum Gasteiger partial charge on any atom is -0.492 e. The zero-order valence-corrected chi connectivity index (χ0v) is 11.9. The van der Waals surface area contributed by atoms with Crippen LogP contribution in [0.25, 0.3) is 0 Å². The number of esters is 1. The predicted molar refractivity (Wildman–Crippen MR) is 70.9 cm³/mol. The molecule has 0 aliphatic rings. The molecule has 4 nitrogen and oxygen atoms in total. The lowest BCUT2D eigenvalue weighted by molar-refractivity contribution is -0.141. The summed E-state index contributed by atoms with van der Waals surface area (Å²) in [5.41, 5.74) is 5.20. The molecule has 0 amide bonds. The standard InChI is InChI=1S/C14H18F3NO3/c1-9(18)7-10-3-4-12(11(8-10)14(15,16)17)21-6-5-13(19)20-2/h3-4,8-9H,5-7,18H2,1-2H3. The van der Waals surface area contributed by atoms with Gasteiger partial charge in [-0.15, -0.1) is 0 Å². The molecule has 1 aromatic carbocycles. The highest BCUT2D eigenvalue weighted by molar-refractivity contribution is 5.69. The quantitative estimate of drug-likeness (QED) is 0.820. The lowest BCUT2D eigenvalue weighted by Crippen LogP contribution is -2.18. The molecule has 0 aliphatic heterocycles. The van der Waals surface area contributed by atoms with E-state index in [4.69, 9.17) is 10.5 Å². The largest absolute Gasteiger partial charge is 0.492 e. The third kappa shape index (κ3) is 5.63. The predicted octanol–water partition coefficient (Wildman–Crippen LogP) is 2.54. The van der Waals surface area contributed by atoms with E-state index in [-0.39, 0.29) is 24.8 Å². The number of carbonyl (C=O) groups excluding carboxylic acids is 1. The molecule has 0 saturated heterocycles.